The predicted molar refractivity (Wildman–Crippen MR) is 194 cm³/mol. The Kier molecular flexibility index (Phi) is 12.2. The highest BCUT2D eigenvalue weighted by Gasteiger charge is 2.20. The standard InChI is InChI=1S/C40H47ClN4O4/c1-27-31(9-6-10-34(27)35-11-7-12-37(28(35)2)47-16-8-14-45-15-13-33(46)24-45)26-49-39-19-38(32(18-36(39)41)23-44-40(3,4)5)48-25-30-17-29(20-42)21-43-22-30/h6-7,9-12,17-19,21-22,33,44,46H,8,13-16,23-26H2,1-5H3. The lowest BCUT2D eigenvalue weighted by atomic mass is 9.93. The van der Waals surface area contributed by atoms with Crippen molar-refractivity contribution in [2.45, 2.75) is 78.9 Å². The number of nitrogens with zero attached hydrogens (tertiary/aromatic N) is 3. The second-order valence-electron chi connectivity index (χ2n) is 13.7. The minimum Gasteiger partial charge on any atom is -0.493 e. The van der Waals surface area contributed by atoms with Crippen molar-refractivity contribution in [3.63, 3.8) is 0 Å². The number of β-amino-alcohol motifs (C(OH)–C–C–N with tert-alkyl or cyclic N) is 1. The monoisotopic (exact) mass is 682 g/mol. The number of hydrogen-bond acceptors (Lipinski definition) is 8. The van der Waals surface area contributed by atoms with Crippen LogP contribution in [0.25, 0.3) is 11.1 Å². The molecule has 9 heteroatoms. The number of ether oxygens (including phenoxy) is 3. The summed E-state index contributed by atoms with van der Waals surface area (Å²) < 4.78 is 18.9. The van der Waals surface area contributed by atoms with Gasteiger partial charge in [-0.25, -0.2) is 0 Å². The molecular weight excluding hydrogens is 636 g/mol. The van der Waals surface area contributed by atoms with Crippen molar-refractivity contribution >= 4 is 11.6 Å². The van der Waals surface area contributed by atoms with Gasteiger partial charge in [0.2, 0.25) is 0 Å². The molecule has 1 aliphatic heterocycles. The van der Waals surface area contributed by atoms with Crippen LogP contribution in [0.5, 0.6) is 17.2 Å². The van der Waals surface area contributed by atoms with E-state index >= 15 is 0 Å². The van der Waals surface area contributed by atoms with Crippen molar-refractivity contribution in [3.8, 4) is 34.4 Å². The molecule has 1 fully saturated rings. The SMILES string of the molecule is Cc1c(COc2cc(OCc3cncc(C#N)c3)c(CNC(C)(C)C)cc2Cl)cccc1-c1cccc(OCCCN2CCC(O)C2)c1C. The van der Waals surface area contributed by atoms with Crippen LogP contribution in [0.3, 0.4) is 0 Å². The Morgan fingerprint density at radius 3 is 2.43 bits per heavy atom. The fourth-order valence-corrected chi connectivity index (χ4v) is 6.18. The van der Waals surface area contributed by atoms with E-state index < -0.39 is 0 Å². The smallest absolute Gasteiger partial charge is 0.142 e. The highest BCUT2D eigenvalue weighted by Crippen LogP contribution is 2.36. The lowest BCUT2D eigenvalue weighted by molar-refractivity contribution is 0.173. The van der Waals surface area contributed by atoms with Crippen LogP contribution in [-0.4, -0.2) is 52.9 Å². The van der Waals surface area contributed by atoms with E-state index in [0.717, 1.165) is 77.2 Å². The summed E-state index contributed by atoms with van der Waals surface area (Å²) in [5, 5.41) is 23.1. The topological polar surface area (TPSA) is 99.9 Å². The average molecular weight is 683 g/mol. The molecule has 8 nitrogen and oxygen atoms in total. The number of rotatable bonds is 14. The van der Waals surface area contributed by atoms with Gasteiger partial charge in [-0.15, -0.1) is 0 Å². The van der Waals surface area contributed by atoms with Gasteiger partial charge >= 0.3 is 0 Å². The average Bonchev–Trinajstić information content (AvgIpc) is 3.50. The summed E-state index contributed by atoms with van der Waals surface area (Å²) in [5.41, 5.74) is 7.61. The van der Waals surface area contributed by atoms with Crippen molar-refractivity contribution in [1.29, 1.82) is 5.26 Å². The molecular formula is C40H47ClN4O4. The molecule has 1 saturated heterocycles. The van der Waals surface area contributed by atoms with Gasteiger partial charge in [0.1, 0.15) is 36.5 Å². The summed E-state index contributed by atoms with van der Waals surface area (Å²) in [6, 6.07) is 20.1. The van der Waals surface area contributed by atoms with Crippen LogP contribution in [0.1, 0.15) is 67.0 Å². The first-order valence-corrected chi connectivity index (χ1v) is 17.3. The van der Waals surface area contributed by atoms with Gasteiger partial charge in [0, 0.05) is 61.3 Å². The lowest BCUT2D eigenvalue weighted by Gasteiger charge is -2.22. The van der Waals surface area contributed by atoms with Crippen LogP contribution in [0.2, 0.25) is 5.02 Å². The maximum absolute atomic E-state index is 9.78. The van der Waals surface area contributed by atoms with Crippen LogP contribution in [-0.2, 0) is 19.8 Å². The molecule has 2 N–H and O–H groups in total. The Hall–Kier alpha value is -4.13. The predicted octanol–water partition coefficient (Wildman–Crippen LogP) is 7.77. The maximum Gasteiger partial charge on any atom is 0.142 e. The molecule has 0 saturated carbocycles. The first kappa shape index (κ1) is 36.2. The molecule has 1 aliphatic rings. The fraction of sp³-hybridized carbons (Fsp3) is 0.400. The molecule has 3 aromatic carbocycles. The minimum absolute atomic E-state index is 0.102. The van der Waals surface area contributed by atoms with Crippen LogP contribution < -0.4 is 19.5 Å². The number of likely N-dealkylation sites (tertiary alicyclic amines) is 1. The quantitative estimate of drug-likeness (QED) is 0.130. The second-order valence-corrected chi connectivity index (χ2v) is 14.1. The van der Waals surface area contributed by atoms with Crippen LogP contribution in [0, 0.1) is 25.2 Å². The van der Waals surface area contributed by atoms with E-state index in [-0.39, 0.29) is 18.2 Å². The van der Waals surface area contributed by atoms with Crippen molar-refractivity contribution in [1.82, 2.24) is 15.2 Å². The molecule has 1 aromatic heterocycles. The Balaban J connectivity index is 1.30. The Labute approximate surface area is 295 Å². The van der Waals surface area contributed by atoms with E-state index in [4.69, 9.17) is 25.8 Å². The van der Waals surface area contributed by atoms with Crippen molar-refractivity contribution in [3.05, 3.63) is 105 Å². The highest BCUT2D eigenvalue weighted by molar-refractivity contribution is 6.32. The third-order valence-electron chi connectivity index (χ3n) is 8.77. The summed E-state index contributed by atoms with van der Waals surface area (Å²) >= 11 is 6.79. The molecule has 1 unspecified atom stereocenters. The number of pyridine rings is 1. The third-order valence-corrected chi connectivity index (χ3v) is 9.07. The molecule has 0 radical (unpaired) electrons. The van der Waals surface area contributed by atoms with Crippen LogP contribution >= 0.6 is 11.6 Å². The molecule has 0 bridgehead atoms. The van der Waals surface area contributed by atoms with Gasteiger partial charge in [-0.05, 0) is 93.5 Å². The van der Waals surface area contributed by atoms with E-state index in [1.54, 1.807) is 12.3 Å². The minimum atomic E-state index is -0.197. The summed E-state index contributed by atoms with van der Waals surface area (Å²) in [6.07, 6.45) is 4.80. The zero-order valence-electron chi connectivity index (χ0n) is 29.2. The fourth-order valence-electron chi connectivity index (χ4n) is 5.94. The first-order chi connectivity index (χ1) is 23.5. The summed E-state index contributed by atoms with van der Waals surface area (Å²) in [7, 11) is 0. The van der Waals surface area contributed by atoms with Crippen molar-refractivity contribution < 1.29 is 19.3 Å². The summed E-state index contributed by atoms with van der Waals surface area (Å²) in [4.78, 5) is 6.45. The summed E-state index contributed by atoms with van der Waals surface area (Å²) in [5.74, 6) is 2.06. The van der Waals surface area contributed by atoms with Crippen LogP contribution in [0.15, 0.2) is 67.0 Å². The lowest BCUT2D eigenvalue weighted by Crippen LogP contribution is -2.35. The van der Waals surface area contributed by atoms with Gasteiger partial charge < -0.3 is 29.5 Å². The van der Waals surface area contributed by atoms with Gasteiger partial charge in [0.25, 0.3) is 0 Å². The Morgan fingerprint density at radius 1 is 0.939 bits per heavy atom. The molecule has 0 spiro atoms. The number of aliphatic hydroxyl groups excluding tert-OH is 1. The second kappa shape index (κ2) is 16.5. The van der Waals surface area contributed by atoms with Crippen LogP contribution in [0.4, 0.5) is 0 Å². The van der Waals surface area contributed by atoms with Crippen molar-refractivity contribution in [2.75, 3.05) is 26.2 Å². The molecule has 258 valence electrons. The van der Waals surface area contributed by atoms with Gasteiger partial charge in [-0.1, -0.05) is 41.9 Å². The first-order valence-electron chi connectivity index (χ1n) is 16.9. The van der Waals surface area contributed by atoms with Gasteiger partial charge in [0.15, 0.2) is 0 Å². The third kappa shape index (κ3) is 9.96. The largest absolute Gasteiger partial charge is 0.493 e. The number of aliphatic hydroxyl groups is 1. The Bertz CT molecular complexity index is 1780. The molecule has 49 heavy (non-hydrogen) atoms. The molecule has 4 aromatic rings. The molecule has 0 amide bonds. The van der Waals surface area contributed by atoms with Gasteiger partial charge in [0.05, 0.1) is 23.3 Å². The molecule has 0 aliphatic carbocycles. The number of nitriles is 1. The normalized spacial score (nSPS) is 14.9. The molecule has 1 atom stereocenters. The maximum atomic E-state index is 9.78. The number of hydrogen-bond donors (Lipinski definition) is 2. The zero-order valence-corrected chi connectivity index (χ0v) is 29.9. The number of nitrogens with one attached hydrogen (secondary N) is 1. The van der Waals surface area contributed by atoms with E-state index in [1.807, 2.05) is 24.3 Å². The number of halogens is 1. The van der Waals surface area contributed by atoms with E-state index in [1.165, 1.54) is 6.20 Å². The summed E-state index contributed by atoms with van der Waals surface area (Å²) in [6.45, 7) is 14.9. The van der Waals surface area contributed by atoms with Gasteiger partial charge in [-0.2, -0.15) is 5.26 Å². The highest BCUT2D eigenvalue weighted by atomic mass is 35.5. The molecule has 5 rings (SSSR count). The number of aromatic nitrogens is 1. The zero-order chi connectivity index (χ0) is 35.0. The molecule has 2 heterocycles. The number of benzene rings is 3. The van der Waals surface area contributed by atoms with Gasteiger partial charge in [-0.3, -0.25) is 4.98 Å². The van der Waals surface area contributed by atoms with E-state index in [0.29, 0.717) is 41.8 Å². The van der Waals surface area contributed by atoms with E-state index in [9.17, 15) is 10.4 Å². The Morgan fingerprint density at radius 2 is 1.69 bits per heavy atom. The van der Waals surface area contributed by atoms with E-state index in [2.05, 4.69) is 80.2 Å². The van der Waals surface area contributed by atoms with Crippen molar-refractivity contribution in [2.24, 2.45) is 0 Å².